The fraction of sp³-hybridized carbons (Fsp3) is 0.833. The van der Waals surface area contributed by atoms with E-state index in [0.29, 0.717) is 43.3 Å². The topological polar surface area (TPSA) is 81.4 Å². The van der Waals surface area contributed by atoms with Crippen LogP contribution in [0.1, 0.15) is 25.2 Å². The molecule has 0 amide bonds. The van der Waals surface area contributed by atoms with Gasteiger partial charge in [0.1, 0.15) is 0 Å². The van der Waals surface area contributed by atoms with Crippen LogP contribution in [0.3, 0.4) is 0 Å². The number of fused-ring (bicyclic) bond motifs is 2. The van der Waals surface area contributed by atoms with Crippen LogP contribution >= 0.6 is 0 Å². The first kappa shape index (κ1) is 12.8. The zero-order valence-corrected chi connectivity index (χ0v) is 11.1. The summed E-state index contributed by atoms with van der Waals surface area (Å²) >= 11 is 0. The average molecular weight is 268 g/mol. The predicted molar refractivity (Wildman–Crippen MR) is 67.8 cm³/mol. The molecular formula is C12H20N4O3. The SMILES string of the molecule is COCCNCc1nnc(NC2CC3CCC2O3)o1. The highest BCUT2D eigenvalue weighted by Gasteiger charge is 2.41. The Balaban J connectivity index is 1.45. The lowest BCUT2D eigenvalue weighted by Gasteiger charge is -2.18. The molecule has 106 valence electrons. The molecule has 19 heavy (non-hydrogen) atoms. The Kier molecular flexibility index (Phi) is 3.95. The van der Waals surface area contributed by atoms with E-state index >= 15 is 0 Å². The standard InChI is InChI=1S/C12H20N4O3/c1-17-5-4-13-7-11-15-16-12(19-11)14-9-6-8-2-3-10(9)18-8/h8-10,13H,2-7H2,1H3,(H,14,16). The molecule has 3 unspecified atom stereocenters. The lowest BCUT2D eigenvalue weighted by Crippen LogP contribution is -2.30. The van der Waals surface area contributed by atoms with E-state index in [2.05, 4.69) is 20.8 Å². The number of hydrogen-bond donors (Lipinski definition) is 2. The van der Waals surface area contributed by atoms with E-state index in [-0.39, 0.29) is 0 Å². The van der Waals surface area contributed by atoms with Crippen LogP contribution in [0, 0.1) is 0 Å². The smallest absolute Gasteiger partial charge is 0.315 e. The van der Waals surface area contributed by atoms with Gasteiger partial charge in [0, 0.05) is 13.7 Å². The highest BCUT2D eigenvalue weighted by atomic mass is 16.5. The molecule has 3 rings (SSSR count). The molecule has 2 aliphatic rings. The van der Waals surface area contributed by atoms with Crippen molar-refractivity contribution in [3.8, 4) is 0 Å². The average Bonchev–Trinajstić information content (AvgIpc) is 3.11. The summed E-state index contributed by atoms with van der Waals surface area (Å²) in [5.74, 6) is 0.586. The minimum Gasteiger partial charge on any atom is -0.407 e. The molecule has 2 N–H and O–H groups in total. The van der Waals surface area contributed by atoms with Crippen molar-refractivity contribution in [1.82, 2.24) is 15.5 Å². The van der Waals surface area contributed by atoms with Crippen molar-refractivity contribution >= 4 is 6.01 Å². The first-order chi connectivity index (χ1) is 9.35. The van der Waals surface area contributed by atoms with Crippen molar-refractivity contribution in [3.63, 3.8) is 0 Å². The van der Waals surface area contributed by atoms with E-state index in [0.717, 1.165) is 19.4 Å². The quantitative estimate of drug-likeness (QED) is 0.698. The van der Waals surface area contributed by atoms with Gasteiger partial charge in [0.25, 0.3) is 0 Å². The second kappa shape index (κ2) is 5.85. The second-order valence-electron chi connectivity index (χ2n) is 5.03. The molecule has 3 heterocycles. The lowest BCUT2D eigenvalue weighted by atomic mass is 9.96. The predicted octanol–water partition coefficient (Wildman–Crippen LogP) is 0.537. The highest BCUT2D eigenvalue weighted by molar-refractivity contribution is 5.22. The van der Waals surface area contributed by atoms with Gasteiger partial charge in [-0.05, 0) is 19.3 Å². The summed E-state index contributed by atoms with van der Waals surface area (Å²) in [4.78, 5) is 0. The van der Waals surface area contributed by atoms with Gasteiger partial charge < -0.3 is 24.5 Å². The number of aromatic nitrogens is 2. The van der Waals surface area contributed by atoms with Gasteiger partial charge in [-0.2, -0.15) is 0 Å². The Bertz CT molecular complexity index is 411. The van der Waals surface area contributed by atoms with Crippen molar-refractivity contribution in [1.29, 1.82) is 0 Å². The van der Waals surface area contributed by atoms with E-state index in [1.807, 2.05) is 0 Å². The van der Waals surface area contributed by atoms with Gasteiger partial charge in [-0.1, -0.05) is 5.10 Å². The second-order valence-corrected chi connectivity index (χ2v) is 5.03. The molecule has 2 aliphatic heterocycles. The minimum absolute atomic E-state index is 0.306. The van der Waals surface area contributed by atoms with E-state index in [1.54, 1.807) is 7.11 Å². The number of ether oxygens (including phenoxy) is 2. The van der Waals surface area contributed by atoms with Crippen molar-refractivity contribution < 1.29 is 13.9 Å². The molecule has 3 atom stereocenters. The summed E-state index contributed by atoms with van der Waals surface area (Å²) in [6.07, 6.45) is 4.07. The van der Waals surface area contributed by atoms with Gasteiger partial charge in [0.2, 0.25) is 5.89 Å². The zero-order chi connectivity index (χ0) is 13.1. The van der Waals surface area contributed by atoms with Crippen LogP contribution in [-0.4, -0.2) is 48.7 Å². The van der Waals surface area contributed by atoms with Gasteiger partial charge in [0.15, 0.2) is 0 Å². The Morgan fingerprint density at radius 3 is 3.05 bits per heavy atom. The molecule has 0 radical (unpaired) electrons. The maximum Gasteiger partial charge on any atom is 0.315 e. The van der Waals surface area contributed by atoms with Crippen molar-refractivity contribution in [3.05, 3.63) is 5.89 Å². The summed E-state index contributed by atoms with van der Waals surface area (Å²) in [5.41, 5.74) is 0. The van der Waals surface area contributed by atoms with E-state index < -0.39 is 0 Å². The summed E-state index contributed by atoms with van der Waals surface area (Å²) < 4.78 is 16.3. The molecule has 0 saturated carbocycles. The molecule has 0 aliphatic carbocycles. The molecule has 2 fully saturated rings. The van der Waals surface area contributed by atoms with Gasteiger partial charge in [0.05, 0.1) is 31.4 Å². The molecule has 2 bridgehead atoms. The molecule has 0 aromatic carbocycles. The summed E-state index contributed by atoms with van der Waals surface area (Å²) in [6.45, 7) is 1.99. The van der Waals surface area contributed by atoms with Crippen molar-refractivity contribution in [2.24, 2.45) is 0 Å². The monoisotopic (exact) mass is 268 g/mol. The summed E-state index contributed by atoms with van der Waals surface area (Å²) in [5, 5.41) is 14.4. The van der Waals surface area contributed by atoms with E-state index in [9.17, 15) is 0 Å². The molecule has 7 nitrogen and oxygen atoms in total. The maximum atomic E-state index is 5.78. The van der Waals surface area contributed by atoms with E-state index in [1.165, 1.54) is 6.42 Å². The Labute approximate surface area is 112 Å². The van der Waals surface area contributed by atoms with Crippen molar-refractivity contribution in [2.75, 3.05) is 25.6 Å². The molecular weight excluding hydrogens is 248 g/mol. The summed E-state index contributed by atoms with van der Waals surface area (Å²) in [6, 6.07) is 0.804. The van der Waals surface area contributed by atoms with Crippen LogP contribution in [0.5, 0.6) is 0 Å². The fourth-order valence-electron chi connectivity index (χ4n) is 2.70. The lowest BCUT2D eigenvalue weighted by molar-refractivity contribution is 0.102. The fourth-order valence-corrected chi connectivity index (χ4v) is 2.70. The third-order valence-electron chi connectivity index (χ3n) is 3.64. The van der Waals surface area contributed by atoms with Crippen LogP contribution in [0.2, 0.25) is 0 Å². The molecule has 2 saturated heterocycles. The van der Waals surface area contributed by atoms with Gasteiger partial charge in [-0.15, -0.1) is 5.10 Å². The van der Waals surface area contributed by atoms with Gasteiger partial charge in [-0.25, -0.2) is 0 Å². The van der Waals surface area contributed by atoms with Crippen LogP contribution in [0.4, 0.5) is 6.01 Å². The molecule has 7 heteroatoms. The Morgan fingerprint density at radius 2 is 2.32 bits per heavy atom. The first-order valence-corrected chi connectivity index (χ1v) is 6.79. The number of methoxy groups -OCH3 is 1. The molecule has 1 aromatic heterocycles. The molecule has 1 aromatic rings. The third kappa shape index (κ3) is 3.05. The number of rotatable bonds is 7. The number of hydrogen-bond acceptors (Lipinski definition) is 7. The largest absolute Gasteiger partial charge is 0.407 e. The van der Waals surface area contributed by atoms with Crippen LogP contribution in [0.15, 0.2) is 4.42 Å². The normalized spacial score (nSPS) is 29.0. The first-order valence-electron chi connectivity index (χ1n) is 6.79. The van der Waals surface area contributed by atoms with Crippen LogP contribution < -0.4 is 10.6 Å². The summed E-state index contributed by atoms with van der Waals surface area (Å²) in [7, 11) is 1.67. The zero-order valence-electron chi connectivity index (χ0n) is 11.1. The number of anilines is 1. The Hall–Kier alpha value is -1.18. The molecule has 0 spiro atoms. The number of nitrogens with zero attached hydrogens (tertiary/aromatic N) is 2. The van der Waals surface area contributed by atoms with Gasteiger partial charge >= 0.3 is 6.01 Å². The van der Waals surface area contributed by atoms with Crippen LogP contribution in [0.25, 0.3) is 0 Å². The number of nitrogens with one attached hydrogen (secondary N) is 2. The highest BCUT2D eigenvalue weighted by Crippen LogP contribution is 2.35. The van der Waals surface area contributed by atoms with E-state index in [4.69, 9.17) is 13.9 Å². The Morgan fingerprint density at radius 1 is 1.37 bits per heavy atom. The van der Waals surface area contributed by atoms with Gasteiger partial charge in [-0.3, -0.25) is 0 Å². The maximum absolute atomic E-state index is 5.78. The minimum atomic E-state index is 0.306. The third-order valence-corrected chi connectivity index (χ3v) is 3.64. The van der Waals surface area contributed by atoms with Crippen LogP contribution in [-0.2, 0) is 16.0 Å². The van der Waals surface area contributed by atoms with Crippen molar-refractivity contribution in [2.45, 2.75) is 44.1 Å².